The zero-order chi connectivity index (χ0) is 15.8. The summed E-state index contributed by atoms with van der Waals surface area (Å²) in [6, 6.07) is 6.41. The Morgan fingerprint density at radius 3 is 2.23 bits per heavy atom. The summed E-state index contributed by atoms with van der Waals surface area (Å²) in [5, 5.41) is 5.43. The van der Waals surface area contributed by atoms with Crippen LogP contribution in [0.5, 0.6) is 0 Å². The van der Waals surface area contributed by atoms with Crippen molar-refractivity contribution in [3.05, 3.63) is 35.4 Å². The zero-order valence-corrected chi connectivity index (χ0v) is 13.8. The Hall–Kier alpha value is -1.79. The molecule has 124 valence electrons. The number of hydrogen-bond acceptors (Lipinski definition) is 3. The molecule has 0 heterocycles. The second-order valence-corrected chi connectivity index (χ2v) is 5.45. The Bertz CT molecular complexity index is 477. The molecule has 6 nitrogen and oxygen atoms in total. The maximum Gasteiger partial charge on any atom is 0.312 e. The number of urea groups is 1. The maximum atomic E-state index is 12.1. The molecule has 1 rings (SSSR count). The molecular weight excluding hydrogens is 304 g/mol. The molecule has 0 saturated heterocycles. The Morgan fingerprint density at radius 2 is 1.77 bits per heavy atom. The predicted molar refractivity (Wildman–Crippen MR) is 89.9 cm³/mol. The topological polar surface area (TPSA) is 110 Å². The number of amides is 3. The fraction of sp³-hybridized carbons (Fsp3) is 0.467. The lowest BCUT2D eigenvalue weighted by atomic mass is 10.0. The minimum absolute atomic E-state index is 0. The van der Waals surface area contributed by atoms with Crippen molar-refractivity contribution in [2.75, 3.05) is 6.54 Å². The number of nitrogens with one attached hydrogen (secondary N) is 2. The first-order chi connectivity index (χ1) is 9.92. The van der Waals surface area contributed by atoms with Crippen LogP contribution < -0.4 is 22.1 Å². The van der Waals surface area contributed by atoms with Gasteiger partial charge in [0.1, 0.15) is 0 Å². The van der Waals surface area contributed by atoms with Gasteiger partial charge in [-0.25, -0.2) is 4.79 Å². The standard InChI is InChI=1S/C15H24N4O2.ClH/c1-10(2)7-13(8-16)19-14(20)12-5-3-11(4-6-12)9-18-15(17)21;/h3-6,10,13H,7-9,16H2,1-2H3,(H,19,20)(H3,17,18,21);1H. The maximum absolute atomic E-state index is 12.1. The second kappa shape index (κ2) is 10.0. The van der Waals surface area contributed by atoms with Crippen LogP contribution >= 0.6 is 12.4 Å². The minimum Gasteiger partial charge on any atom is -0.352 e. The SMILES string of the molecule is CC(C)CC(CN)NC(=O)c1ccc(CNC(N)=O)cc1.Cl. The number of hydrogen-bond donors (Lipinski definition) is 4. The molecule has 0 aliphatic carbocycles. The summed E-state index contributed by atoms with van der Waals surface area (Å²) in [7, 11) is 0. The molecule has 1 aromatic rings. The molecular formula is C15H25ClN4O2. The molecule has 0 aliphatic heterocycles. The van der Waals surface area contributed by atoms with Crippen LogP contribution in [0, 0.1) is 5.92 Å². The lowest BCUT2D eigenvalue weighted by Crippen LogP contribution is -2.41. The molecule has 1 unspecified atom stereocenters. The number of primary amides is 1. The van der Waals surface area contributed by atoms with Crippen molar-refractivity contribution < 1.29 is 9.59 Å². The van der Waals surface area contributed by atoms with Gasteiger partial charge in [0.2, 0.25) is 0 Å². The molecule has 22 heavy (non-hydrogen) atoms. The van der Waals surface area contributed by atoms with Crippen molar-refractivity contribution in [1.82, 2.24) is 10.6 Å². The van der Waals surface area contributed by atoms with Crippen molar-refractivity contribution in [1.29, 1.82) is 0 Å². The van der Waals surface area contributed by atoms with E-state index in [2.05, 4.69) is 24.5 Å². The molecule has 0 saturated carbocycles. The first-order valence-corrected chi connectivity index (χ1v) is 7.05. The highest BCUT2D eigenvalue weighted by atomic mass is 35.5. The van der Waals surface area contributed by atoms with Crippen molar-refractivity contribution >= 4 is 24.3 Å². The largest absolute Gasteiger partial charge is 0.352 e. The molecule has 3 amide bonds. The molecule has 1 aromatic carbocycles. The van der Waals surface area contributed by atoms with E-state index in [0.29, 0.717) is 24.6 Å². The van der Waals surface area contributed by atoms with Gasteiger partial charge < -0.3 is 22.1 Å². The van der Waals surface area contributed by atoms with Crippen LogP contribution in [0.15, 0.2) is 24.3 Å². The normalized spacial score (nSPS) is 11.5. The van der Waals surface area contributed by atoms with Gasteiger partial charge in [-0.1, -0.05) is 26.0 Å². The van der Waals surface area contributed by atoms with Crippen LogP contribution in [0.4, 0.5) is 4.79 Å². The average molecular weight is 329 g/mol. The smallest absolute Gasteiger partial charge is 0.312 e. The summed E-state index contributed by atoms with van der Waals surface area (Å²) in [6.07, 6.45) is 0.850. The van der Waals surface area contributed by atoms with E-state index in [9.17, 15) is 9.59 Å². The predicted octanol–water partition coefficient (Wildman–Crippen LogP) is 1.38. The fourth-order valence-corrected chi connectivity index (χ4v) is 2.01. The van der Waals surface area contributed by atoms with E-state index < -0.39 is 6.03 Å². The monoisotopic (exact) mass is 328 g/mol. The van der Waals surface area contributed by atoms with Crippen LogP contribution in [-0.2, 0) is 6.54 Å². The molecule has 0 spiro atoms. The Labute approximate surface area is 137 Å². The van der Waals surface area contributed by atoms with Gasteiger partial charge in [-0.05, 0) is 30.0 Å². The van der Waals surface area contributed by atoms with Crippen LogP contribution in [0.1, 0.15) is 36.2 Å². The molecule has 6 N–H and O–H groups in total. The molecule has 1 atom stereocenters. The van der Waals surface area contributed by atoms with Crippen LogP contribution in [0.3, 0.4) is 0 Å². The van der Waals surface area contributed by atoms with Gasteiger partial charge in [0.25, 0.3) is 5.91 Å². The lowest BCUT2D eigenvalue weighted by Gasteiger charge is -2.18. The summed E-state index contributed by atoms with van der Waals surface area (Å²) in [6.45, 7) is 4.95. The third-order valence-electron chi connectivity index (χ3n) is 3.06. The van der Waals surface area contributed by atoms with Crippen LogP contribution in [0.25, 0.3) is 0 Å². The highest BCUT2D eigenvalue weighted by Crippen LogP contribution is 2.07. The second-order valence-electron chi connectivity index (χ2n) is 5.45. The van der Waals surface area contributed by atoms with Gasteiger partial charge >= 0.3 is 6.03 Å². The summed E-state index contributed by atoms with van der Waals surface area (Å²) in [5.74, 6) is 0.335. The first-order valence-electron chi connectivity index (χ1n) is 7.05. The number of halogens is 1. The molecule has 7 heteroatoms. The zero-order valence-electron chi connectivity index (χ0n) is 13.0. The summed E-state index contributed by atoms with van der Waals surface area (Å²) in [4.78, 5) is 22.7. The minimum atomic E-state index is -0.573. The summed E-state index contributed by atoms with van der Waals surface area (Å²) in [5.41, 5.74) is 12.1. The van der Waals surface area contributed by atoms with Crippen molar-refractivity contribution in [3.8, 4) is 0 Å². The van der Waals surface area contributed by atoms with Gasteiger partial charge in [-0.3, -0.25) is 4.79 Å². The van der Waals surface area contributed by atoms with Gasteiger partial charge in [-0.2, -0.15) is 0 Å². The van der Waals surface area contributed by atoms with Gasteiger partial charge in [0.05, 0.1) is 0 Å². The third-order valence-corrected chi connectivity index (χ3v) is 3.06. The van der Waals surface area contributed by atoms with Crippen molar-refractivity contribution in [3.63, 3.8) is 0 Å². The molecule has 0 bridgehead atoms. The van der Waals surface area contributed by atoms with E-state index >= 15 is 0 Å². The average Bonchev–Trinajstić information content (AvgIpc) is 2.44. The molecule has 0 aromatic heterocycles. The van der Waals surface area contributed by atoms with Gasteiger partial charge in [-0.15, -0.1) is 12.4 Å². The van der Waals surface area contributed by atoms with Crippen LogP contribution in [-0.4, -0.2) is 24.5 Å². The highest BCUT2D eigenvalue weighted by molar-refractivity contribution is 5.94. The molecule has 0 fully saturated rings. The van der Waals surface area contributed by atoms with Crippen LogP contribution in [0.2, 0.25) is 0 Å². The highest BCUT2D eigenvalue weighted by Gasteiger charge is 2.13. The van der Waals surface area contributed by atoms with E-state index in [-0.39, 0.29) is 24.4 Å². The number of nitrogens with two attached hydrogens (primary N) is 2. The van der Waals surface area contributed by atoms with Gasteiger partial charge in [0, 0.05) is 24.7 Å². The number of carbonyl (C=O) groups excluding carboxylic acids is 2. The number of rotatable bonds is 7. The third kappa shape index (κ3) is 7.28. The summed E-state index contributed by atoms with van der Waals surface area (Å²) < 4.78 is 0. The first kappa shape index (κ1) is 20.2. The van der Waals surface area contributed by atoms with Gasteiger partial charge in [0.15, 0.2) is 0 Å². The fourth-order valence-electron chi connectivity index (χ4n) is 2.01. The summed E-state index contributed by atoms with van der Waals surface area (Å²) >= 11 is 0. The Kier molecular flexibility index (Phi) is 9.21. The Morgan fingerprint density at radius 1 is 1.18 bits per heavy atom. The van der Waals surface area contributed by atoms with E-state index in [1.54, 1.807) is 24.3 Å². The van der Waals surface area contributed by atoms with E-state index in [1.807, 2.05) is 0 Å². The quantitative estimate of drug-likeness (QED) is 0.606. The van der Waals surface area contributed by atoms with E-state index in [1.165, 1.54) is 0 Å². The van der Waals surface area contributed by atoms with Crippen molar-refractivity contribution in [2.45, 2.75) is 32.9 Å². The number of benzene rings is 1. The van der Waals surface area contributed by atoms with Crippen molar-refractivity contribution in [2.24, 2.45) is 17.4 Å². The Balaban J connectivity index is 0.00000441. The molecule has 0 aliphatic rings. The lowest BCUT2D eigenvalue weighted by molar-refractivity contribution is 0.0933. The molecule has 0 radical (unpaired) electrons. The number of carbonyl (C=O) groups is 2. The van der Waals surface area contributed by atoms with E-state index in [4.69, 9.17) is 11.5 Å². The van der Waals surface area contributed by atoms with E-state index in [0.717, 1.165) is 12.0 Å².